The first-order valence-corrected chi connectivity index (χ1v) is 29.0. The van der Waals surface area contributed by atoms with Crippen molar-refractivity contribution in [3.8, 4) is 77.9 Å². The second kappa shape index (κ2) is 22.6. The average Bonchev–Trinajstić information content (AvgIpc) is 2.48. The van der Waals surface area contributed by atoms with Crippen molar-refractivity contribution in [3.05, 3.63) is 339 Å². The number of hydrogen-bond acceptors (Lipinski definition) is 2. The minimum atomic E-state index is 1.08. The van der Waals surface area contributed by atoms with Gasteiger partial charge in [-0.1, -0.05) is 255 Å². The van der Waals surface area contributed by atoms with Gasteiger partial charge in [0.15, 0.2) is 0 Å². The molecule has 0 saturated carbocycles. The Morgan fingerprint density at radius 2 is 0.476 bits per heavy atom. The van der Waals surface area contributed by atoms with Crippen molar-refractivity contribution >= 4 is 55.7 Å². The summed E-state index contributed by atoms with van der Waals surface area (Å²) in [5.41, 5.74) is 25.5. The van der Waals surface area contributed by atoms with Gasteiger partial charge in [-0.05, 0) is 186 Å². The van der Waals surface area contributed by atoms with Crippen LogP contribution in [0.1, 0.15) is 11.1 Å². The fourth-order valence-corrected chi connectivity index (χ4v) is 12.3. The summed E-state index contributed by atoms with van der Waals surface area (Å²) >= 11 is 0. The van der Waals surface area contributed by atoms with Gasteiger partial charge >= 0.3 is 0 Å². The second-order valence-electron chi connectivity index (χ2n) is 21.7. The SMILES string of the molecule is Cc1cc(-c2ccc(N(c3ccc(-c4cccc(-c5ccccc5)c4)cc3)c3ccccc3-c3cccc4ccccc34)c(C)c2)ccc1N(c1ccc(-c2cccc(-c3ccccc3)c2)cc1)c1ccccc1-c1cccc2ccccc12. The standard InChI is InChI=1S/C82H60N2/c1-57-53-69(45-51-79(57)83(81-39-15-13-35-77(81)75-37-19-27-63-25-9-11-33-73(63)75)71-47-41-61(42-48-71)67-31-17-29-65(55-67)59-21-5-3-6-22-59)70-46-52-80(58(2)54-70)84(82-40-16-14-36-78(82)76-38-20-28-64-26-10-12-34-74(64)76)72-49-43-62(44-50-72)68-32-18-30-66(56-68)60-23-7-4-8-24-60/h3-56H,1-2H3. The Kier molecular flexibility index (Phi) is 13.8. The molecule has 398 valence electrons. The smallest absolute Gasteiger partial charge is 0.0540 e. The van der Waals surface area contributed by atoms with Crippen molar-refractivity contribution < 1.29 is 0 Å². The number of para-hydroxylation sites is 2. The van der Waals surface area contributed by atoms with E-state index in [4.69, 9.17) is 0 Å². The maximum absolute atomic E-state index is 2.45. The molecule has 0 amide bonds. The van der Waals surface area contributed by atoms with Crippen LogP contribution in [0.25, 0.3) is 99.4 Å². The topological polar surface area (TPSA) is 6.48 Å². The molecule has 0 fully saturated rings. The van der Waals surface area contributed by atoms with Gasteiger partial charge in [0.1, 0.15) is 0 Å². The van der Waals surface area contributed by atoms with Crippen molar-refractivity contribution in [2.75, 3.05) is 9.80 Å². The predicted molar refractivity (Wildman–Crippen MR) is 358 cm³/mol. The highest BCUT2D eigenvalue weighted by Gasteiger charge is 2.23. The van der Waals surface area contributed by atoms with E-state index in [-0.39, 0.29) is 0 Å². The Bertz CT molecular complexity index is 4360. The number of fused-ring (bicyclic) bond motifs is 2. The molecule has 0 radical (unpaired) electrons. The molecule has 0 unspecified atom stereocenters. The van der Waals surface area contributed by atoms with Gasteiger partial charge in [0, 0.05) is 33.9 Å². The largest absolute Gasteiger partial charge is 0.310 e. The van der Waals surface area contributed by atoms with Crippen LogP contribution in [0, 0.1) is 13.8 Å². The molecule has 0 aliphatic heterocycles. The van der Waals surface area contributed by atoms with E-state index in [1.807, 2.05) is 0 Å². The normalized spacial score (nSPS) is 11.2. The summed E-state index contributed by atoms with van der Waals surface area (Å²) in [6, 6.07) is 119. The molecular formula is C82H60N2. The molecule has 0 spiro atoms. The van der Waals surface area contributed by atoms with Crippen LogP contribution in [-0.2, 0) is 0 Å². The minimum absolute atomic E-state index is 1.08. The Labute approximate surface area is 493 Å². The van der Waals surface area contributed by atoms with E-state index in [1.165, 1.54) is 99.4 Å². The fraction of sp³-hybridized carbons (Fsp3) is 0.0244. The third kappa shape index (κ3) is 10.0. The molecule has 0 aliphatic rings. The molecule has 14 aromatic rings. The first-order valence-electron chi connectivity index (χ1n) is 29.0. The zero-order valence-electron chi connectivity index (χ0n) is 47.1. The lowest BCUT2D eigenvalue weighted by molar-refractivity contribution is 1.24. The molecule has 0 aliphatic carbocycles. The van der Waals surface area contributed by atoms with Gasteiger partial charge in [0.2, 0.25) is 0 Å². The van der Waals surface area contributed by atoms with Crippen LogP contribution in [0.2, 0.25) is 0 Å². The number of hydrogen-bond donors (Lipinski definition) is 0. The van der Waals surface area contributed by atoms with E-state index in [1.54, 1.807) is 0 Å². The van der Waals surface area contributed by atoms with Crippen molar-refractivity contribution in [2.24, 2.45) is 0 Å². The first kappa shape index (κ1) is 51.4. The fourth-order valence-electron chi connectivity index (χ4n) is 12.3. The van der Waals surface area contributed by atoms with E-state index in [0.717, 1.165) is 45.3 Å². The van der Waals surface area contributed by atoms with Gasteiger partial charge in [-0.15, -0.1) is 0 Å². The van der Waals surface area contributed by atoms with E-state index in [9.17, 15) is 0 Å². The summed E-state index contributed by atoms with van der Waals surface area (Å²) in [7, 11) is 0. The van der Waals surface area contributed by atoms with Crippen LogP contribution in [-0.4, -0.2) is 0 Å². The van der Waals surface area contributed by atoms with Crippen LogP contribution in [0.3, 0.4) is 0 Å². The molecule has 0 saturated heterocycles. The van der Waals surface area contributed by atoms with Crippen molar-refractivity contribution in [2.45, 2.75) is 13.8 Å². The maximum Gasteiger partial charge on any atom is 0.0540 e. The van der Waals surface area contributed by atoms with Crippen LogP contribution >= 0.6 is 0 Å². The van der Waals surface area contributed by atoms with E-state index in [0.29, 0.717) is 0 Å². The zero-order valence-corrected chi connectivity index (χ0v) is 47.1. The Balaban J connectivity index is 0.855. The molecule has 14 rings (SSSR count). The van der Waals surface area contributed by atoms with Crippen LogP contribution in [0.4, 0.5) is 34.1 Å². The number of nitrogens with zero attached hydrogens (tertiary/aromatic N) is 2. The van der Waals surface area contributed by atoms with Crippen LogP contribution in [0.15, 0.2) is 328 Å². The van der Waals surface area contributed by atoms with Crippen molar-refractivity contribution in [1.82, 2.24) is 0 Å². The molecule has 2 nitrogen and oxygen atoms in total. The van der Waals surface area contributed by atoms with Crippen molar-refractivity contribution in [1.29, 1.82) is 0 Å². The van der Waals surface area contributed by atoms with Gasteiger partial charge in [0.05, 0.1) is 11.4 Å². The third-order valence-corrected chi connectivity index (χ3v) is 16.5. The Morgan fingerprint density at radius 3 is 0.881 bits per heavy atom. The van der Waals surface area contributed by atoms with Gasteiger partial charge in [0.25, 0.3) is 0 Å². The monoisotopic (exact) mass is 1070 g/mol. The number of benzene rings is 14. The Hall–Kier alpha value is -10.8. The number of rotatable bonds is 13. The summed E-state index contributed by atoms with van der Waals surface area (Å²) in [5.74, 6) is 0. The second-order valence-corrected chi connectivity index (χ2v) is 21.7. The molecule has 0 N–H and O–H groups in total. The molecule has 0 heterocycles. The van der Waals surface area contributed by atoms with Gasteiger partial charge in [-0.3, -0.25) is 0 Å². The molecule has 14 aromatic carbocycles. The quantitative estimate of drug-likeness (QED) is 0.114. The Morgan fingerprint density at radius 1 is 0.190 bits per heavy atom. The summed E-state index contributed by atoms with van der Waals surface area (Å²) in [6.07, 6.45) is 0. The highest BCUT2D eigenvalue weighted by Crippen LogP contribution is 2.47. The van der Waals surface area contributed by atoms with Gasteiger partial charge < -0.3 is 9.80 Å². The minimum Gasteiger partial charge on any atom is -0.310 e. The van der Waals surface area contributed by atoms with E-state index in [2.05, 4.69) is 351 Å². The lowest BCUT2D eigenvalue weighted by Crippen LogP contribution is -2.13. The highest BCUT2D eigenvalue weighted by atomic mass is 15.2. The average molecular weight is 1070 g/mol. The zero-order chi connectivity index (χ0) is 56.3. The van der Waals surface area contributed by atoms with E-state index < -0.39 is 0 Å². The maximum atomic E-state index is 2.45. The van der Waals surface area contributed by atoms with Crippen LogP contribution < -0.4 is 9.80 Å². The van der Waals surface area contributed by atoms with Gasteiger partial charge in [-0.25, -0.2) is 0 Å². The molecule has 0 bridgehead atoms. The molecular weight excluding hydrogens is 1010 g/mol. The summed E-state index contributed by atoms with van der Waals surface area (Å²) in [6.45, 7) is 4.51. The molecule has 84 heavy (non-hydrogen) atoms. The molecule has 0 aromatic heterocycles. The predicted octanol–water partition coefficient (Wildman–Crippen LogP) is 23.2. The summed E-state index contributed by atoms with van der Waals surface area (Å²) in [4.78, 5) is 4.90. The van der Waals surface area contributed by atoms with Crippen molar-refractivity contribution in [3.63, 3.8) is 0 Å². The highest BCUT2D eigenvalue weighted by molar-refractivity contribution is 6.03. The molecule has 2 heteroatoms. The summed E-state index contributed by atoms with van der Waals surface area (Å²) < 4.78 is 0. The lowest BCUT2D eigenvalue weighted by atomic mass is 9.94. The lowest BCUT2D eigenvalue weighted by Gasteiger charge is -2.30. The number of anilines is 6. The number of aryl methyl sites for hydroxylation is 2. The molecule has 0 atom stereocenters. The third-order valence-electron chi connectivity index (χ3n) is 16.5. The van der Waals surface area contributed by atoms with Crippen LogP contribution in [0.5, 0.6) is 0 Å². The first-order chi connectivity index (χ1) is 41.5. The summed E-state index contributed by atoms with van der Waals surface area (Å²) in [5, 5.41) is 4.89. The van der Waals surface area contributed by atoms with E-state index >= 15 is 0 Å². The van der Waals surface area contributed by atoms with Gasteiger partial charge in [-0.2, -0.15) is 0 Å².